The van der Waals surface area contributed by atoms with E-state index < -0.39 is 6.04 Å². The molecule has 0 aromatic carbocycles. The quantitative estimate of drug-likeness (QED) is 0.725. The van der Waals surface area contributed by atoms with Gasteiger partial charge in [0.05, 0.1) is 6.04 Å². The Labute approximate surface area is 121 Å². The van der Waals surface area contributed by atoms with Crippen LogP contribution < -0.4 is 11.1 Å². The molecule has 1 heterocycles. The standard InChI is InChI=1S/C14H27N3O3/c1-4-10(2)13(15)14(19)16-11-5-7-17(8-6-11)12(18)9-20-3/h10-11,13H,4-9,15H2,1-3H3,(H,16,19). The van der Waals surface area contributed by atoms with Gasteiger partial charge in [0, 0.05) is 26.2 Å². The van der Waals surface area contributed by atoms with Crippen LogP contribution in [0.4, 0.5) is 0 Å². The van der Waals surface area contributed by atoms with Crippen molar-refractivity contribution >= 4 is 11.8 Å². The molecule has 1 rings (SSSR count). The van der Waals surface area contributed by atoms with Gasteiger partial charge in [0.25, 0.3) is 0 Å². The first kappa shape index (κ1) is 16.9. The third-order valence-corrected chi connectivity index (χ3v) is 4.02. The molecule has 0 aliphatic carbocycles. The molecule has 3 N–H and O–H groups in total. The number of amides is 2. The fourth-order valence-electron chi connectivity index (χ4n) is 2.30. The first-order valence-electron chi connectivity index (χ1n) is 7.32. The lowest BCUT2D eigenvalue weighted by Gasteiger charge is -2.33. The topological polar surface area (TPSA) is 84.7 Å². The number of rotatable bonds is 6. The van der Waals surface area contributed by atoms with Gasteiger partial charge in [-0.05, 0) is 18.8 Å². The lowest BCUT2D eigenvalue weighted by atomic mass is 9.98. The predicted octanol–water partition coefficient (Wildman–Crippen LogP) is 0.113. The van der Waals surface area contributed by atoms with E-state index in [0.29, 0.717) is 13.1 Å². The Balaban J connectivity index is 2.35. The Morgan fingerprint density at radius 2 is 2.00 bits per heavy atom. The van der Waals surface area contributed by atoms with Gasteiger partial charge >= 0.3 is 0 Å². The van der Waals surface area contributed by atoms with Crippen molar-refractivity contribution in [2.75, 3.05) is 26.8 Å². The van der Waals surface area contributed by atoms with E-state index >= 15 is 0 Å². The highest BCUT2D eigenvalue weighted by Gasteiger charge is 2.26. The van der Waals surface area contributed by atoms with Crippen LogP contribution in [0.5, 0.6) is 0 Å². The second kappa shape index (κ2) is 8.21. The lowest BCUT2D eigenvalue weighted by Crippen LogP contribution is -2.52. The Morgan fingerprint density at radius 1 is 1.40 bits per heavy atom. The molecule has 1 saturated heterocycles. The molecule has 2 amide bonds. The van der Waals surface area contributed by atoms with Crippen molar-refractivity contribution < 1.29 is 14.3 Å². The first-order chi connectivity index (χ1) is 9.49. The third kappa shape index (κ3) is 4.76. The minimum absolute atomic E-state index is 0.00795. The van der Waals surface area contributed by atoms with Crippen molar-refractivity contribution in [3.8, 4) is 0 Å². The summed E-state index contributed by atoms with van der Waals surface area (Å²) in [5.74, 6) is 0.105. The number of carbonyl (C=O) groups excluding carboxylic acids is 2. The highest BCUT2D eigenvalue weighted by atomic mass is 16.5. The van der Waals surface area contributed by atoms with Crippen LogP contribution in [-0.2, 0) is 14.3 Å². The van der Waals surface area contributed by atoms with Crippen molar-refractivity contribution in [3.63, 3.8) is 0 Å². The van der Waals surface area contributed by atoms with E-state index in [1.807, 2.05) is 13.8 Å². The van der Waals surface area contributed by atoms with E-state index in [1.165, 1.54) is 7.11 Å². The normalized spacial score (nSPS) is 19.5. The van der Waals surface area contributed by atoms with Gasteiger partial charge < -0.3 is 20.7 Å². The van der Waals surface area contributed by atoms with Gasteiger partial charge in [-0.25, -0.2) is 0 Å². The van der Waals surface area contributed by atoms with E-state index in [2.05, 4.69) is 5.32 Å². The number of hydrogen-bond donors (Lipinski definition) is 2. The van der Waals surface area contributed by atoms with E-state index in [0.717, 1.165) is 19.3 Å². The Morgan fingerprint density at radius 3 is 2.50 bits per heavy atom. The molecule has 0 aromatic rings. The number of ether oxygens (including phenoxy) is 1. The van der Waals surface area contributed by atoms with Crippen molar-refractivity contribution in [3.05, 3.63) is 0 Å². The first-order valence-corrected chi connectivity index (χ1v) is 7.32. The average Bonchev–Trinajstić information content (AvgIpc) is 2.46. The van der Waals surface area contributed by atoms with Gasteiger partial charge in [-0.1, -0.05) is 20.3 Å². The number of likely N-dealkylation sites (tertiary alicyclic amines) is 1. The largest absolute Gasteiger partial charge is 0.375 e. The van der Waals surface area contributed by atoms with Gasteiger partial charge in [-0.3, -0.25) is 9.59 Å². The fourth-order valence-corrected chi connectivity index (χ4v) is 2.30. The van der Waals surface area contributed by atoms with Crippen LogP contribution >= 0.6 is 0 Å². The molecule has 0 spiro atoms. The van der Waals surface area contributed by atoms with Gasteiger partial charge in [0.2, 0.25) is 11.8 Å². The van der Waals surface area contributed by atoms with Crippen molar-refractivity contribution in [1.29, 1.82) is 0 Å². The SMILES string of the molecule is CCC(C)C(N)C(=O)NC1CCN(C(=O)COC)CC1. The lowest BCUT2D eigenvalue weighted by molar-refractivity contribution is -0.136. The van der Waals surface area contributed by atoms with Crippen LogP contribution in [0.2, 0.25) is 0 Å². The molecule has 2 atom stereocenters. The van der Waals surface area contributed by atoms with Crippen LogP contribution in [0.3, 0.4) is 0 Å². The summed E-state index contributed by atoms with van der Waals surface area (Å²) in [6.07, 6.45) is 2.43. The summed E-state index contributed by atoms with van der Waals surface area (Å²) >= 11 is 0. The molecule has 1 aliphatic heterocycles. The zero-order valence-electron chi connectivity index (χ0n) is 12.7. The number of nitrogens with two attached hydrogens (primary N) is 1. The maximum atomic E-state index is 12.0. The number of nitrogens with zero attached hydrogens (tertiary/aromatic N) is 1. The zero-order chi connectivity index (χ0) is 15.1. The van der Waals surface area contributed by atoms with E-state index in [9.17, 15) is 9.59 Å². The molecule has 20 heavy (non-hydrogen) atoms. The molecule has 1 fully saturated rings. The van der Waals surface area contributed by atoms with Gasteiger partial charge in [-0.2, -0.15) is 0 Å². The minimum Gasteiger partial charge on any atom is -0.375 e. The highest BCUT2D eigenvalue weighted by molar-refractivity contribution is 5.82. The second-order valence-corrected chi connectivity index (χ2v) is 5.51. The third-order valence-electron chi connectivity index (χ3n) is 4.02. The van der Waals surface area contributed by atoms with E-state index in [4.69, 9.17) is 10.5 Å². The molecule has 0 saturated carbocycles. The maximum absolute atomic E-state index is 12.0. The number of carbonyl (C=O) groups is 2. The summed E-state index contributed by atoms with van der Waals surface area (Å²) in [5.41, 5.74) is 5.91. The van der Waals surface area contributed by atoms with Gasteiger partial charge in [0.15, 0.2) is 0 Å². The number of methoxy groups -OCH3 is 1. The fraction of sp³-hybridized carbons (Fsp3) is 0.857. The Kier molecular flexibility index (Phi) is 6.95. The predicted molar refractivity (Wildman–Crippen MR) is 77.1 cm³/mol. The van der Waals surface area contributed by atoms with Crippen molar-refractivity contribution in [1.82, 2.24) is 10.2 Å². The molecule has 0 radical (unpaired) electrons. The summed E-state index contributed by atoms with van der Waals surface area (Å²) < 4.78 is 4.84. The number of piperidine rings is 1. The van der Waals surface area contributed by atoms with Gasteiger partial charge in [0.1, 0.15) is 6.61 Å². The monoisotopic (exact) mass is 285 g/mol. The molecular weight excluding hydrogens is 258 g/mol. The van der Waals surface area contributed by atoms with Crippen LogP contribution in [0, 0.1) is 5.92 Å². The molecule has 1 aliphatic rings. The summed E-state index contributed by atoms with van der Waals surface area (Å²) in [7, 11) is 1.52. The Bertz CT molecular complexity index is 328. The van der Waals surface area contributed by atoms with E-state index in [1.54, 1.807) is 4.90 Å². The molecule has 0 aromatic heterocycles. The smallest absolute Gasteiger partial charge is 0.248 e. The molecule has 0 bridgehead atoms. The zero-order valence-corrected chi connectivity index (χ0v) is 12.7. The maximum Gasteiger partial charge on any atom is 0.248 e. The summed E-state index contributed by atoms with van der Waals surface area (Å²) in [6, 6.07) is -0.336. The highest BCUT2D eigenvalue weighted by Crippen LogP contribution is 2.12. The number of hydrogen-bond acceptors (Lipinski definition) is 4. The molecule has 6 nitrogen and oxygen atoms in total. The van der Waals surface area contributed by atoms with Crippen LogP contribution in [0.15, 0.2) is 0 Å². The molecule has 116 valence electrons. The van der Waals surface area contributed by atoms with Crippen LogP contribution in [-0.4, -0.2) is 55.6 Å². The summed E-state index contributed by atoms with van der Waals surface area (Å²) in [6.45, 7) is 5.45. The van der Waals surface area contributed by atoms with Gasteiger partial charge in [-0.15, -0.1) is 0 Å². The summed E-state index contributed by atoms with van der Waals surface area (Å²) in [5, 5.41) is 2.99. The molecule has 2 unspecified atom stereocenters. The second-order valence-electron chi connectivity index (χ2n) is 5.51. The summed E-state index contributed by atoms with van der Waals surface area (Å²) in [4.78, 5) is 25.4. The minimum atomic E-state index is -0.451. The Hall–Kier alpha value is -1.14. The van der Waals surface area contributed by atoms with E-state index in [-0.39, 0.29) is 30.4 Å². The van der Waals surface area contributed by atoms with Crippen LogP contribution in [0.25, 0.3) is 0 Å². The number of nitrogens with one attached hydrogen (secondary N) is 1. The molecule has 6 heteroatoms. The average molecular weight is 285 g/mol. The van der Waals surface area contributed by atoms with Crippen molar-refractivity contribution in [2.45, 2.75) is 45.2 Å². The van der Waals surface area contributed by atoms with Crippen LogP contribution in [0.1, 0.15) is 33.1 Å². The molecular formula is C14H27N3O3. The van der Waals surface area contributed by atoms with Crippen molar-refractivity contribution in [2.24, 2.45) is 11.7 Å².